The van der Waals surface area contributed by atoms with E-state index in [9.17, 15) is 25.2 Å². The zero-order valence-electron chi connectivity index (χ0n) is 45.8. The maximum Gasteiger partial charge on any atom is 0.306 e. The predicted octanol–water partition coefficient (Wildman–Crippen LogP) is 15.8. The smallest absolute Gasteiger partial charge is 0.306 e. The molecule has 0 saturated carbocycles. The summed E-state index contributed by atoms with van der Waals surface area (Å²) in [4.78, 5) is 12.9. The van der Waals surface area contributed by atoms with Gasteiger partial charge in [0, 0.05) is 13.0 Å². The van der Waals surface area contributed by atoms with Crippen LogP contribution in [0, 0.1) is 0 Å². The molecule has 0 aromatic rings. The molecule has 70 heavy (non-hydrogen) atoms. The van der Waals surface area contributed by atoms with E-state index in [2.05, 4.69) is 50.3 Å². The van der Waals surface area contributed by atoms with Crippen LogP contribution in [0.1, 0.15) is 284 Å². The molecule has 6 unspecified atom stereocenters. The fourth-order valence-corrected chi connectivity index (χ4v) is 9.39. The standard InChI is InChI=1S/C61H114O9/c1-3-5-7-9-11-13-15-17-19-21-23-25-27-29-31-33-35-37-39-41-43-45-47-49-51-67-53-55(54-68-61-60(66)59(65)58(64)56(52-62)70-61)69-57(63)50-48-46-44-42-40-38-36-34-32-30-28-26-24-22-20-18-16-14-12-10-8-6-4-2/h16,18,22,24,28,30,55-56,58-62,64-66H,3-15,17,19-21,23,25-27,29,31-54H2,1-2H3/b18-16-,24-22-,30-28-. The number of hydrogen-bond donors (Lipinski definition) is 4. The molecule has 4 N–H and O–H groups in total. The Morgan fingerprint density at radius 3 is 1.24 bits per heavy atom. The maximum absolute atomic E-state index is 12.9. The topological polar surface area (TPSA) is 135 Å². The quantitative estimate of drug-likeness (QED) is 0.0267. The lowest BCUT2D eigenvalue weighted by molar-refractivity contribution is -0.305. The monoisotopic (exact) mass is 991 g/mol. The summed E-state index contributed by atoms with van der Waals surface area (Å²) < 4.78 is 23.0. The zero-order chi connectivity index (χ0) is 50.6. The number of rotatable bonds is 53. The minimum Gasteiger partial charge on any atom is -0.457 e. The lowest BCUT2D eigenvalue weighted by atomic mass is 9.99. The molecule has 0 radical (unpaired) electrons. The number of unbranched alkanes of at least 4 members (excludes halogenated alkanes) is 36. The van der Waals surface area contributed by atoms with Crippen LogP contribution < -0.4 is 0 Å². The van der Waals surface area contributed by atoms with Gasteiger partial charge in [-0.2, -0.15) is 0 Å². The molecule has 1 rings (SSSR count). The summed E-state index contributed by atoms with van der Waals surface area (Å²) in [5.74, 6) is -0.315. The van der Waals surface area contributed by atoms with Gasteiger partial charge in [0.25, 0.3) is 0 Å². The van der Waals surface area contributed by atoms with Gasteiger partial charge in [0.2, 0.25) is 0 Å². The van der Waals surface area contributed by atoms with E-state index in [1.165, 1.54) is 212 Å². The Morgan fingerprint density at radius 2 is 0.829 bits per heavy atom. The molecule has 1 aliphatic rings. The van der Waals surface area contributed by atoms with Crippen molar-refractivity contribution in [2.75, 3.05) is 26.4 Å². The fourth-order valence-electron chi connectivity index (χ4n) is 9.39. The van der Waals surface area contributed by atoms with E-state index in [4.69, 9.17) is 18.9 Å². The number of hydrogen-bond acceptors (Lipinski definition) is 9. The number of ether oxygens (including phenoxy) is 4. The van der Waals surface area contributed by atoms with Crippen molar-refractivity contribution in [3.8, 4) is 0 Å². The highest BCUT2D eigenvalue weighted by atomic mass is 16.7. The van der Waals surface area contributed by atoms with E-state index in [0.29, 0.717) is 13.0 Å². The van der Waals surface area contributed by atoms with Crippen molar-refractivity contribution < 1.29 is 44.2 Å². The third-order valence-electron chi connectivity index (χ3n) is 14.1. The first kappa shape index (κ1) is 66.4. The largest absolute Gasteiger partial charge is 0.457 e. The van der Waals surface area contributed by atoms with Crippen LogP contribution >= 0.6 is 0 Å². The molecular formula is C61H114O9. The molecule has 0 aromatic carbocycles. The normalized spacial score (nSPS) is 19.1. The van der Waals surface area contributed by atoms with Crippen LogP contribution in [-0.2, 0) is 23.7 Å². The first-order valence-corrected chi connectivity index (χ1v) is 30.1. The van der Waals surface area contributed by atoms with E-state index < -0.39 is 43.4 Å². The molecule has 0 amide bonds. The molecule has 0 aliphatic carbocycles. The van der Waals surface area contributed by atoms with Gasteiger partial charge in [0.1, 0.15) is 30.5 Å². The summed E-state index contributed by atoms with van der Waals surface area (Å²) in [5, 5.41) is 40.4. The van der Waals surface area contributed by atoms with Crippen molar-refractivity contribution in [3.63, 3.8) is 0 Å². The molecular weight excluding hydrogens is 877 g/mol. The van der Waals surface area contributed by atoms with Gasteiger partial charge in [0.05, 0.1) is 19.8 Å². The molecule has 1 heterocycles. The zero-order valence-corrected chi connectivity index (χ0v) is 45.8. The predicted molar refractivity (Wildman–Crippen MR) is 293 cm³/mol. The van der Waals surface area contributed by atoms with Crippen molar-refractivity contribution in [3.05, 3.63) is 36.5 Å². The summed E-state index contributed by atoms with van der Waals surface area (Å²) in [7, 11) is 0. The summed E-state index contributed by atoms with van der Waals surface area (Å²) >= 11 is 0. The average Bonchev–Trinajstić information content (AvgIpc) is 3.36. The minimum absolute atomic E-state index is 0.113. The minimum atomic E-state index is -1.54. The van der Waals surface area contributed by atoms with Crippen LogP contribution in [-0.4, -0.2) is 89.6 Å². The van der Waals surface area contributed by atoms with Gasteiger partial charge in [0.15, 0.2) is 6.29 Å². The lowest BCUT2D eigenvalue weighted by Crippen LogP contribution is -2.59. The summed E-state index contributed by atoms with van der Waals surface area (Å²) in [6.45, 7) is 4.60. The van der Waals surface area contributed by atoms with Gasteiger partial charge in [-0.3, -0.25) is 4.79 Å². The van der Waals surface area contributed by atoms with Crippen LogP contribution in [0.5, 0.6) is 0 Å². The Labute approximate surface area is 431 Å². The molecule has 9 nitrogen and oxygen atoms in total. The molecule has 0 aromatic heterocycles. The van der Waals surface area contributed by atoms with Crippen molar-refractivity contribution in [2.24, 2.45) is 0 Å². The van der Waals surface area contributed by atoms with E-state index in [1.54, 1.807) is 0 Å². The van der Waals surface area contributed by atoms with E-state index >= 15 is 0 Å². The van der Waals surface area contributed by atoms with Crippen LogP contribution in [0.15, 0.2) is 36.5 Å². The van der Waals surface area contributed by atoms with E-state index in [-0.39, 0.29) is 19.2 Å². The number of carbonyl (C=O) groups is 1. The Balaban J connectivity index is 2.14. The molecule has 0 bridgehead atoms. The Hall–Kier alpha value is -1.59. The lowest BCUT2D eigenvalue weighted by Gasteiger charge is -2.39. The van der Waals surface area contributed by atoms with Gasteiger partial charge < -0.3 is 39.4 Å². The van der Waals surface area contributed by atoms with Gasteiger partial charge in [-0.15, -0.1) is 0 Å². The van der Waals surface area contributed by atoms with Crippen LogP contribution in [0.4, 0.5) is 0 Å². The molecule has 1 fully saturated rings. The highest BCUT2D eigenvalue weighted by molar-refractivity contribution is 5.69. The van der Waals surface area contributed by atoms with Crippen molar-refractivity contribution in [1.29, 1.82) is 0 Å². The second-order valence-corrected chi connectivity index (χ2v) is 20.8. The Bertz CT molecular complexity index is 1170. The molecule has 0 spiro atoms. The first-order valence-electron chi connectivity index (χ1n) is 30.1. The third-order valence-corrected chi connectivity index (χ3v) is 14.1. The van der Waals surface area contributed by atoms with Gasteiger partial charge in [-0.25, -0.2) is 0 Å². The average molecular weight is 992 g/mol. The second kappa shape index (κ2) is 52.3. The van der Waals surface area contributed by atoms with Gasteiger partial charge in [-0.05, 0) is 51.4 Å². The van der Waals surface area contributed by atoms with Crippen molar-refractivity contribution in [2.45, 2.75) is 320 Å². The third kappa shape index (κ3) is 41.8. The van der Waals surface area contributed by atoms with Gasteiger partial charge >= 0.3 is 5.97 Å². The molecule has 1 saturated heterocycles. The van der Waals surface area contributed by atoms with Crippen LogP contribution in [0.2, 0.25) is 0 Å². The fraction of sp³-hybridized carbons (Fsp3) is 0.885. The highest BCUT2D eigenvalue weighted by Gasteiger charge is 2.44. The molecule has 9 heteroatoms. The summed E-state index contributed by atoms with van der Waals surface area (Å²) in [5.41, 5.74) is 0. The molecule has 1 aliphatic heterocycles. The first-order chi connectivity index (χ1) is 34.4. The number of esters is 1. The second-order valence-electron chi connectivity index (χ2n) is 20.8. The SMILES string of the molecule is CCCCCCC/C=C\C/C=C\C/C=C\CCCCCCCCCCC(=O)OC(COCCCCCCCCCCCCCCCCCCCCCCCCCC)COC1OC(CO)C(O)C(O)C1O. The number of aliphatic hydroxyl groups excluding tert-OH is 4. The summed E-state index contributed by atoms with van der Waals surface area (Å²) in [6.07, 6.45) is 59.1. The number of carbonyl (C=O) groups excluding carboxylic acids is 1. The van der Waals surface area contributed by atoms with E-state index in [0.717, 1.165) is 51.4 Å². The molecule has 412 valence electrons. The van der Waals surface area contributed by atoms with Gasteiger partial charge in [-0.1, -0.05) is 262 Å². The number of allylic oxidation sites excluding steroid dienone is 6. The van der Waals surface area contributed by atoms with Crippen LogP contribution in [0.25, 0.3) is 0 Å². The highest BCUT2D eigenvalue weighted by Crippen LogP contribution is 2.23. The summed E-state index contributed by atoms with van der Waals surface area (Å²) in [6, 6.07) is 0. The molecule has 6 atom stereocenters. The van der Waals surface area contributed by atoms with Crippen molar-refractivity contribution >= 4 is 5.97 Å². The van der Waals surface area contributed by atoms with Crippen molar-refractivity contribution in [1.82, 2.24) is 0 Å². The van der Waals surface area contributed by atoms with Crippen LogP contribution in [0.3, 0.4) is 0 Å². The Kier molecular flexibility index (Phi) is 49.6. The van der Waals surface area contributed by atoms with E-state index in [1.807, 2.05) is 0 Å². The Morgan fingerprint density at radius 1 is 0.457 bits per heavy atom. The maximum atomic E-state index is 12.9. The number of aliphatic hydroxyl groups is 4.